The highest BCUT2D eigenvalue weighted by Gasteiger charge is 2.31. The van der Waals surface area contributed by atoms with Gasteiger partial charge in [0.2, 0.25) is 10.0 Å². The molecule has 0 amide bonds. The average Bonchev–Trinajstić information content (AvgIpc) is 2.79. The number of benzene rings is 2. The van der Waals surface area contributed by atoms with Crippen LogP contribution in [-0.2, 0) is 10.0 Å². The van der Waals surface area contributed by atoms with Crippen molar-refractivity contribution in [2.45, 2.75) is 23.8 Å². The van der Waals surface area contributed by atoms with E-state index in [1.807, 2.05) is 42.5 Å². The number of halogens is 2. The first-order chi connectivity index (χ1) is 14.9. The maximum absolute atomic E-state index is 12.6. The molecule has 2 atom stereocenters. The summed E-state index contributed by atoms with van der Waals surface area (Å²) in [5.74, 6) is 0.154. The maximum atomic E-state index is 12.6. The molecule has 1 aromatic heterocycles. The van der Waals surface area contributed by atoms with Gasteiger partial charge in [0.25, 0.3) is 0 Å². The zero-order valence-corrected chi connectivity index (χ0v) is 19.1. The Morgan fingerprint density at radius 1 is 1.00 bits per heavy atom. The van der Waals surface area contributed by atoms with E-state index in [0.29, 0.717) is 18.1 Å². The molecule has 4 rings (SSSR count). The Labute approximate surface area is 193 Å². The number of nitrogens with one attached hydrogen (secondary N) is 1. The molecule has 5 nitrogen and oxygen atoms in total. The monoisotopic (exact) mass is 475 g/mol. The van der Waals surface area contributed by atoms with E-state index in [1.165, 1.54) is 6.20 Å². The number of hydrogen-bond donors (Lipinski definition) is 1. The Bertz CT molecular complexity index is 1130. The highest BCUT2D eigenvalue weighted by atomic mass is 35.5. The summed E-state index contributed by atoms with van der Waals surface area (Å²) < 4.78 is 27.9. The second-order valence-electron chi connectivity index (χ2n) is 7.65. The summed E-state index contributed by atoms with van der Waals surface area (Å²) in [6.45, 7) is 1.06. The largest absolute Gasteiger partial charge is 0.364 e. The molecule has 31 heavy (non-hydrogen) atoms. The van der Waals surface area contributed by atoms with Crippen molar-refractivity contribution in [1.29, 1.82) is 0 Å². The average molecular weight is 476 g/mol. The molecule has 0 aliphatic carbocycles. The van der Waals surface area contributed by atoms with E-state index < -0.39 is 10.0 Å². The van der Waals surface area contributed by atoms with Crippen molar-refractivity contribution in [2.75, 3.05) is 18.0 Å². The molecular weight excluding hydrogens is 453 g/mol. The van der Waals surface area contributed by atoms with Gasteiger partial charge in [-0.2, -0.15) is 0 Å². The molecule has 1 saturated heterocycles. The SMILES string of the molecule is O=S(=O)(NCC1CCC(c2ccccc2Cl)N(c2ccc(Cl)cc2)C1)c1cccnc1. The molecule has 1 fully saturated rings. The van der Waals surface area contributed by atoms with Gasteiger partial charge in [-0.1, -0.05) is 41.4 Å². The second-order valence-corrected chi connectivity index (χ2v) is 10.3. The van der Waals surface area contributed by atoms with Crippen molar-refractivity contribution in [2.24, 2.45) is 5.92 Å². The summed E-state index contributed by atoms with van der Waals surface area (Å²) >= 11 is 12.6. The Kier molecular flexibility index (Phi) is 6.82. The van der Waals surface area contributed by atoms with Gasteiger partial charge in [-0.15, -0.1) is 0 Å². The van der Waals surface area contributed by atoms with Crippen molar-refractivity contribution >= 4 is 38.9 Å². The van der Waals surface area contributed by atoms with E-state index in [4.69, 9.17) is 23.2 Å². The molecule has 1 aliphatic rings. The van der Waals surface area contributed by atoms with Gasteiger partial charge in [0, 0.05) is 41.2 Å². The van der Waals surface area contributed by atoms with E-state index in [0.717, 1.165) is 29.1 Å². The Balaban J connectivity index is 1.54. The number of anilines is 1. The van der Waals surface area contributed by atoms with Crippen LogP contribution in [0.1, 0.15) is 24.4 Å². The van der Waals surface area contributed by atoms with Gasteiger partial charge >= 0.3 is 0 Å². The molecule has 2 heterocycles. The quantitative estimate of drug-likeness (QED) is 0.523. The fourth-order valence-corrected chi connectivity index (χ4v) is 5.48. The maximum Gasteiger partial charge on any atom is 0.242 e. The Morgan fingerprint density at radius 3 is 2.48 bits per heavy atom. The number of piperidine rings is 1. The van der Waals surface area contributed by atoms with Gasteiger partial charge in [0.15, 0.2) is 0 Å². The standard InChI is InChI=1S/C23H23Cl2N3O2S/c24-18-8-10-19(11-9-18)28-16-17(7-12-23(28)21-5-1-2-6-22(21)25)14-27-31(29,30)20-4-3-13-26-15-20/h1-6,8-11,13,15,17,23,27H,7,12,14,16H2. The highest BCUT2D eigenvalue weighted by molar-refractivity contribution is 7.89. The molecular formula is C23H23Cl2N3O2S. The van der Waals surface area contributed by atoms with E-state index in [-0.39, 0.29) is 16.9 Å². The minimum absolute atomic E-state index is 0.112. The molecule has 0 spiro atoms. The molecule has 3 aromatic rings. The van der Waals surface area contributed by atoms with Crippen molar-refractivity contribution in [3.63, 3.8) is 0 Å². The van der Waals surface area contributed by atoms with E-state index in [9.17, 15) is 8.42 Å². The minimum atomic E-state index is -3.59. The first-order valence-electron chi connectivity index (χ1n) is 10.1. The van der Waals surface area contributed by atoms with Gasteiger partial charge < -0.3 is 4.90 Å². The van der Waals surface area contributed by atoms with Crippen molar-refractivity contribution in [3.05, 3.63) is 88.7 Å². The highest BCUT2D eigenvalue weighted by Crippen LogP contribution is 2.39. The predicted molar refractivity (Wildman–Crippen MR) is 125 cm³/mol. The summed E-state index contributed by atoms with van der Waals surface area (Å²) in [4.78, 5) is 6.38. The number of nitrogens with zero attached hydrogens (tertiary/aromatic N) is 2. The third-order valence-electron chi connectivity index (χ3n) is 5.61. The van der Waals surface area contributed by atoms with Crippen LogP contribution in [0.2, 0.25) is 10.0 Å². The lowest BCUT2D eigenvalue weighted by molar-refractivity contribution is 0.358. The normalized spacial score (nSPS) is 19.4. The number of pyridine rings is 1. The lowest BCUT2D eigenvalue weighted by Crippen LogP contribution is -2.42. The molecule has 2 aromatic carbocycles. The first-order valence-corrected chi connectivity index (χ1v) is 12.3. The number of sulfonamides is 1. The minimum Gasteiger partial charge on any atom is -0.364 e. The zero-order valence-electron chi connectivity index (χ0n) is 16.8. The van der Waals surface area contributed by atoms with Gasteiger partial charge in [-0.25, -0.2) is 13.1 Å². The molecule has 1 aliphatic heterocycles. The van der Waals surface area contributed by atoms with Gasteiger partial charge in [0.05, 0.1) is 6.04 Å². The predicted octanol–water partition coefficient (Wildman–Crippen LogP) is 5.32. The first kappa shape index (κ1) is 22.1. The summed E-state index contributed by atoms with van der Waals surface area (Å²) in [5, 5.41) is 1.41. The van der Waals surface area contributed by atoms with Crippen LogP contribution in [0.5, 0.6) is 0 Å². The molecule has 1 N–H and O–H groups in total. The van der Waals surface area contributed by atoms with Gasteiger partial charge in [0.1, 0.15) is 4.90 Å². The summed E-state index contributed by atoms with van der Waals surface area (Å²) in [6.07, 6.45) is 4.66. The fourth-order valence-electron chi connectivity index (χ4n) is 4.02. The Hall–Kier alpha value is -2.12. The third kappa shape index (κ3) is 5.21. The van der Waals surface area contributed by atoms with Crippen LogP contribution in [0, 0.1) is 5.92 Å². The van der Waals surface area contributed by atoms with Crippen molar-refractivity contribution < 1.29 is 8.42 Å². The van der Waals surface area contributed by atoms with Crippen molar-refractivity contribution in [3.8, 4) is 0 Å². The van der Waals surface area contributed by atoms with Crippen LogP contribution in [0.3, 0.4) is 0 Å². The second kappa shape index (κ2) is 9.57. The van der Waals surface area contributed by atoms with Crippen LogP contribution < -0.4 is 9.62 Å². The molecule has 162 valence electrons. The van der Waals surface area contributed by atoms with E-state index in [1.54, 1.807) is 18.3 Å². The van der Waals surface area contributed by atoms with Crippen LogP contribution >= 0.6 is 23.2 Å². The molecule has 0 saturated carbocycles. The summed E-state index contributed by atoms with van der Waals surface area (Å²) in [7, 11) is -3.59. The molecule has 2 unspecified atom stereocenters. The zero-order chi connectivity index (χ0) is 21.8. The summed E-state index contributed by atoms with van der Waals surface area (Å²) in [5.41, 5.74) is 2.11. The molecule has 0 radical (unpaired) electrons. The fraction of sp³-hybridized carbons (Fsp3) is 0.261. The van der Waals surface area contributed by atoms with Crippen LogP contribution in [0.25, 0.3) is 0 Å². The molecule has 8 heteroatoms. The Morgan fingerprint density at radius 2 is 1.77 bits per heavy atom. The summed E-state index contributed by atoms with van der Waals surface area (Å²) in [6, 6.07) is 18.9. The lowest BCUT2D eigenvalue weighted by atomic mass is 9.88. The number of hydrogen-bond acceptors (Lipinski definition) is 4. The van der Waals surface area contributed by atoms with Crippen LogP contribution in [0.4, 0.5) is 5.69 Å². The van der Waals surface area contributed by atoms with Crippen LogP contribution in [-0.4, -0.2) is 26.5 Å². The molecule has 0 bridgehead atoms. The van der Waals surface area contributed by atoms with Gasteiger partial charge in [-0.05, 0) is 66.8 Å². The van der Waals surface area contributed by atoms with Gasteiger partial charge in [-0.3, -0.25) is 4.98 Å². The van der Waals surface area contributed by atoms with Crippen molar-refractivity contribution in [1.82, 2.24) is 9.71 Å². The third-order valence-corrected chi connectivity index (χ3v) is 7.61. The van der Waals surface area contributed by atoms with Crippen LogP contribution in [0.15, 0.2) is 78.0 Å². The number of aromatic nitrogens is 1. The lowest BCUT2D eigenvalue weighted by Gasteiger charge is -2.42. The number of rotatable bonds is 6. The van der Waals surface area contributed by atoms with E-state index in [2.05, 4.69) is 20.7 Å². The topological polar surface area (TPSA) is 62.3 Å². The van der Waals surface area contributed by atoms with E-state index >= 15 is 0 Å². The smallest absolute Gasteiger partial charge is 0.242 e.